The van der Waals surface area contributed by atoms with Crippen molar-refractivity contribution >= 4 is 0 Å². The van der Waals surface area contributed by atoms with Gasteiger partial charge in [0.1, 0.15) is 0 Å². The number of allylic oxidation sites excluding steroid dienone is 8. The first-order valence-electron chi connectivity index (χ1n) is 6.78. The first-order valence-corrected chi connectivity index (χ1v) is 6.78. The molecule has 0 radical (unpaired) electrons. The van der Waals surface area contributed by atoms with Gasteiger partial charge in [-0.1, -0.05) is 43.7 Å². The Morgan fingerprint density at radius 2 is 2.06 bits per heavy atom. The lowest BCUT2D eigenvalue weighted by Crippen LogP contribution is -1.82. The Morgan fingerprint density at radius 1 is 1.28 bits per heavy atom. The van der Waals surface area contributed by atoms with Crippen molar-refractivity contribution in [1.29, 1.82) is 0 Å². The Balaban J connectivity index is 2.77. The molecule has 0 aliphatic heterocycles. The summed E-state index contributed by atoms with van der Waals surface area (Å²) in [5.74, 6) is 0. The van der Waals surface area contributed by atoms with Crippen LogP contribution >= 0.6 is 0 Å². The Morgan fingerprint density at radius 3 is 2.72 bits per heavy atom. The molecule has 18 heavy (non-hydrogen) atoms. The largest absolute Gasteiger partial charge is 0.120 e. The molecule has 0 saturated carbocycles. The van der Waals surface area contributed by atoms with Crippen LogP contribution in [0.4, 0.5) is 0 Å². The molecule has 0 spiro atoms. The van der Waals surface area contributed by atoms with Crippen molar-refractivity contribution in [2.45, 2.75) is 46.5 Å². The van der Waals surface area contributed by atoms with Gasteiger partial charge in [0.25, 0.3) is 0 Å². The first-order chi connectivity index (χ1) is 8.63. The van der Waals surface area contributed by atoms with E-state index >= 15 is 0 Å². The third-order valence-corrected chi connectivity index (χ3v) is 3.02. The monoisotopic (exact) mass is 240 g/mol. The summed E-state index contributed by atoms with van der Waals surface area (Å²) >= 11 is 0. The highest BCUT2D eigenvalue weighted by Crippen LogP contribution is 2.18. The van der Waals surface area contributed by atoms with Gasteiger partial charge in [-0.2, -0.15) is 0 Å². The van der Waals surface area contributed by atoms with E-state index in [1.807, 2.05) is 0 Å². The van der Waals surface area contributed by atoms with E-state index in [0.29, 0.717) is 0 Å². The summed E-state index contributed by atoms with van der Waals surface area (Å²) in [6.07, 6.45) is 15.4. The molecule has 0 saturated heterocycles. The molecule has 96 valence electrons. The molecule has 0 aromatic carbocycles. The van der Waals surface area contributed by atoms with Gasteiger partial charge in [-0.15, -0.1) is 5.73 Å². The fraction of sp³-hybridized carbons (Fsp3) is 0.389. The zero-order chi connectivity index (χ0) is 13.4. The molecule has 1 aliphatic carbocycles. The highest BCUT2D eigenvalue weighted by atomic mass is 14.0. The van der Waals surface area contributed by atoms with Crippen molar-refractivity contribution in [2.75, 3.05) is 0 Å². The number of rotatable bonds is 6. The lowest BCUT2D eigenvalue weighted by atomic mass is 10.0. The molecule has 1 rings (SSSR count). The second-order valence-electron chi connectivity index (χ2n) is 4.97. The molecule has 0 aromatic heterocycles. The van der Waals surface area contributed by atoms with Gasteiger partial charge in [-0.05, 0) is 62.0 Å². The molecular formula is C18H24. The standard InChI is InChI=1S/C18H24/c1-5-6-8-17-9-7-10-18(14-13-17)16(4)12-11-15(2)3/h9-10,12-14H,2,5-6,8,11H2,1,3-4H3/b16-12+. The minimum Gasteiger partial charge on any atom is -0.120 e. The quantitative estimate of drug-likeness (QED) is 0.414. The van der Waals surface area contributed by atoms with Crippen LogP contribution in [0.2, 0.25) is 0 Å². The molecule has 0 amide bonds. The van der Waals surface area contributed by atoms with Crippen molar-refractivity contribution in [3.63, 3.8) is 0 Å². The normalized spacial score (nSPS) is 15.2. The smallest absolute Gasteiger partial charge is 0.0124 e. The summed E-state index contributed by atoms with van der Waals surface area (Å²) in [5.41, 5.74) is 8.39. The molecule has 0 aromatic rings. The molecule has 0 bridgehead atoms. The average molecular weight is 240 g/mol. The van der Waals surface area contributed by atoms with Crippen LogP contribution in [0, 0.1) is 0 Å². The lowest BCUT2D eigenvalue weighted by Gasteiger charge is -2.01. The summed E-state index contributed by atoms with van der Waals surface area (Å²) < 4.78 is 0. The Kier molecular flexibility index (Phi) is 6.25. The summed E-state index contributed by atoms with van der Waals surface area (Å²) in [4.78, 5) is 0. The second-order valence-corrected chi connectivity index (χ2v) is 4.97. The summed E-state index contributed by atoms with van der Waals surface area (Å²) in [7, 11) is 0. The van der Waals surface area contributed by atoms with Gasteiger partial charge in [-0.25, -0.2) is 0 Å². The molecule has 0 unspecified atom stereocenters. The SMILES string of the molecule is C=C(C)C/C=C(\C)C1=CC=C(CCCC)C=C=C1. The van der Waals surface area contributed by atoms with Gasteiger partial charge in [0, 0.05) is 0 Å². The fourth-order valence-corrected chi connectivity index (χ4v) is 1.76. The topological polar surface area (TPSA) is 0 Å². The van der Waals surface area contributed by atoms with E-state index in [2.05, 4.69) is 63.5 Å². The maximum atomic E-state index is 3.93. The maximum Gasteiger partial charge on any atom is -0.0124 e. The molecule has 0 heteroatoms. The zero-order valence-corrected chi connectivity index (χ0v) is 11.9. The first kappa shape index (κ1) is 14.5. The third-order valence-electron chi connectivity index (χ3n) is 3.02. The van der Waals surface area contributed by atoms with E-state index in [9.17, 15) is 0 Å². The van der Waals surface area contributed by atoms with Gasteiger partial charge >= 0.3 is 0 Å². The molecule has 0 heterocycles. The Bertz CT molecular complexity index is 446. The van der Waals surface area contributed by atoms with Gasteiger partial charge in [0.2, 0.25) is 0 Å². The van der Waals surface area contributed by atoms with Crippen LogP contribution in [0.1, 0.15) is 46.5 Å². The predicted molar refractivity (Wildman–Crippen MR) is 81.5 cm³/mol. The van der Waals surface area contributed by atoms with Crippen LogP contribution in [0.15, 0.2) is 65.0 Å². The summed E-state index contributed by atoms with van der Waals surface area (Å²) in [6, 6.07) is 0. The number of hydrogen-bond donors (Lipinski definition) is 0. The highest BCUT2D eigenvalue weighted by Gasteiger charge is 1.98. The van der Waals surface area contributed by atoms with Crippen LogP contribution in [0.25, 0.3) is 0 Å². The minimum absolute atomic E-state index is 0.952. The second kappa shape index (κ2) is 7.74. The Hall–Kier alpha value is -1.52. The third kappa shape index (κ3) is 5.21. The van der Waals surface area contributed by atoms with Gasteiger partial charge < -0.3 is 0 Å². The van der Waals surface area contributed by atoms with E-state index in [0.717, 1.165) is 12.8 Å². The van der Waals surface area contributed by atoms with E-state index < -0.39 is 0 Å². The molecule has 0 atom stereocenters. The molecule has 1 aliphatic rings. The van der Waals surface area contributed by atoms with Crippen LogP contribution in [-0.4, -0.2) is 0 Å². The molecule has 0 fully saturated rings. The van der Waals surface area contributed by atoms with Crippen molar-refractivity contribution in [2.24, 2.45) is 0 Å². The number of unbranched alkanes of at least 4 members (excludes halogenated alkanes) is 1. The average Bonchev–Trinajstić information content (AvgIpc) is 2.58. The van der Waals surface area contributed by atoms with Crippen molar-refractivity contribution in [3.05, 3.63) is 65.0 Å². The van der Waals surface area contributed by atoms with Crippen molar-refractivity contribution in [3.8, 4) is 0 Å². The highest BCUT2D eigenvalue weighted by molar-refractivity contribution is 5.44. The fourth-order valence-electron chi connectivity index (χ4n) is 1.76. The Labute approximate surface area is 112 Å². The van der Waals surface area contributed by atoms with Gasteiger partial charge in [0.05, 0.1) is 0 Å². The molecule has 0 nitrogen and oxygen atoms in total. The van der Waals surface area contributed by atoms with E-state index in [4.69, 9.17) is 0 Å². The van der Waals surface area contributed by atoms with Crippen LogP contribution in [0.5, 0.6) is 0 Å². The van der Waals surface area contributed by atoms with Crippen molar-refractivity contribution in [1.82, 2.24) is 0 Å². The summed E-state index contributed by atoms with van der Waals surface area (Å²) in [6.45, 7) is 10.4. The number of hydrogen-bond acceptors (Lipinski definition) is 0. The van der Waals surface area contributed by atoms with Gasteiger partial charge in [-0.3, -0.25) is 0 Å². The lowest BCUT2D eigenvalue weighted by molar-refractivity contribution is 0.798. The molecular weight excluding hydrogens is 216 g/mol. The predicted octanol–water partition coefficient (Wildman–Crippen LogP) is 5.67. The van der Waals surface area contributed by atoms with Gasteiger partial charge in [0.15, 0.2) is 0 Å². The van der Waals surface area contributed by atoms with E-state index in [1.54, 1.807) is 0 Å². The zero-order valence-electron chi connectivity index (χ0n) is 11.9. The maximum absolute atomic E-state index is 3.93. The van der Waals surface area contributed by atoms with E-state index in [1.165, 1.54) is 35.1 Å². The van der Waals surface area contributed by atoms with Crippen LogP contribution in [-0.2, 0) is 0 Å². The van der Waals surface area contributed by atoms with E-state index in [-0.39, 0.29) is 0 Å². The van der Waals surface area contributed by atoms with Crippen LogP contribution < -0.4 is 0 Å². The minimum atomic E-state index is 0.952. The van der Waals surface area contributed by atoms with Crippen LogP contribution in [0.3, 0.4) is 0 Å². The molecule has 0 N–H and O–H groups in total. The van der Waals surface area contributed by atoms with Crippen molar-refractivity contribution < 1.29 is 0 Å². The summed E-state index contributed by atoms with van der Waals surface area (Å²) in [5, 5.41) is 0.